The van der Waals surface area contributed by atoms with Crippen molar-refractivity contribution < 1.29 is 9.32 Å². The maximum atomic E-state index is 13.1. The number of carbonyl (C=O) groups excluding carboxylic acids is 1. The fourth-order valence-electron chi connectivity index (χ4n) is 4.90. The third-order valence-electron chi connectivity index (χ3n) is 6.69. The van der Waals surface area contributed by atoms with Gasteiger partial charge in [0.25, 0.3) is 11.5 Å². The van der Waals surface area contributed by atoms with Gasteiger partial charge in [-0.3, -0.25) is 19.6 Å². The molecule has 170 valence electrons. The van der Waals surface area contributed by atoms with E-state index in [4.69, 9.17) is 9.51 Å². The molecular formula is C23H30N6O3. The normalized spacial score (nSPS) is 19.2. The Balaban J connectivity index is 1.45. The van der Waals surface area contributed by atoms with Gasteiger partial charge in [-0.25, -0.2) is 9.50 Å². The number of carbonyl (C=O) groups is 1. The second-order valence-electron chi connectivity index (χ2n) is 9.15. The molecule has 0 spiro atoms. The molecule has 0 unspecified atom stereocenters. The average molecular weight is 439 g/mol. The van der Waals surface area contributed by atoms with Crippen LogP contribution in [0.2, 0.25) is 0 Å². The highest BCUT2D eigenvalue weighted by Gasteiger charge is 2.34. The summed E-state index contributed by atoms with van der Waals surface area (Å²) in [5.41, 5.74) is 3.41. The van der Waals surface area contributed by atoms with E-state index < -0.39 is 0 Å². The van der Waals surface area contributed by atoms with E-state index in [9.17, 15) is 9.59 Å². The van der Waals surface area contributed by atoms with Crippen molar-refractivity contribution in [2.45, 2.75) is 71.5 Å². The lowest BCUT2D eigenvalue weighted by Crippen LogP contribution is -2.39. The van der Waals surface area contributed by atoms with Crippen molar-refractivity contribution in [3.8, 4) is 0 Å². The SMILES string of the molecule is CCCc1cc(C(=O)N2CCC[C@H]2c2cc3nc4c(c(=O)n3[nH]2)CCN(C(C)C)C4)no1. The van der Waals surface area contributed by atoms with Gasteiger partial charge in [0.15, 0.2) is 11.3 Å². The number of hydrogen-bond acceptors (Lipinski definition) is 6. The Kier molecular flexibility index (Phi) is 5.36. The number of amides is 1. The predicted octanol–water partition coefficient (Wildman–Crippen LogP) is 2.71. The molecule has 0 saturated carbocycles. The zero-order valence-electron chi connectivity index (χ0n) is 18.9. The summed E-state index contributed by atoms with van der Waals surface area (Å²) in [7, 11) is 0. The number of H-pyrrole nitrogens is 1. The van der Waals surface area contributed by atoms with Gasteiger partial charge in [0, 0.05) is 49.8 Å². The van der Waals surface area contributed by atoms with Gasteiger partial charge in [-0.05, 0) is 39.5 Å². The number of rotatable bonds is 5. The van der Waals surface area contributed by atoms with Crippen molar-refractivity contribution in [1.82, 2.24) is 29.6 Å². The lowest BCUT2D eigenvalue weighted by Gasteiger charge is -2.30. The van der Waals surface area contributed by atoms with Gasteiger partial charge in [-0.15, -0.1) is 0 Å². The van der Waals surface area contributed by atoms with Crippen molar-refractivity contribution in [3.63, 3.8) is 0 Å². The van der Waals surface area contributed by atoms with Crippen LogP contribution in [0.15, 0.2) is 21.5 Å². The second-order valence-corrected chi connectivity index (χ2v) is 9.15. The molecule has 2 aliphatic heterocycles. The molecule has 3 aromatic heterocycles. The Morgan fingerprint density at radius 2 is 2.16 bits per heavy atom. The monoisotopic (exact) mass is 438 g/mol. The molecule has 1 saturated heterocycles. The summed E-state index contributed by atoms with van der Waals surface area (Å²) >= 11 is 0. The van der Waals surface area contributed by atoms with Crippen LogP contribution in [0.25, 0.3) is 5.65 Å². The Labute approximate surface area is 186 Å². The lowest BCUT2D eigenvalue weighted by atomic mass is 10.1. The molecule has 1 fully saturated rings. The first-order chi connectivity index (χ1) is 15.5. The van der Waals surface area contributed by atoms with Crippen molar-refractivity contribution in [2.75, 3.05) is 13.1 Å². The van der Waals surface area contributed by atoms with Gasteiger partial charge in [-0.1, -0.05) is 12.1 Å². The molecule has 5 rings (SSSR count). The van der Waals surface area contributed by atoms with Crippen LogP contribution >= 0.6 is 0 Å². The number of aromatic nitrogens is 4. The van der Waals surface area contributed by atoms with Gasteiger partial charge >= 0.3 is 0 Å². The Morgan fingerprint density at radius 1 is 1.31 bits per heavy atom. The molecule has 1 atom stereocenters. The summed E-state index contributed by atoms with van der Waals surface area (Å²) in [5.74, 6) is 0.596. The van der Waals surface area contributed by atoms with Crippen molar-refractivity contribution in [3.05, 3.63) is 50.9 Å². The van der Waals surface area contributed by atoms with Crippen molar-refractivity contribution >= 4 is 11.6 Å². The van der Waals surface area contributed by atoms with Crippen LogP contribution in [0, 0.1) is 0 Å². The summed E-state index contributed by atoms with van der Waals surface area (Å²) in [6.45, 7) is 8.60. The Hall–Kier alpha value is -2.94. The predicted molar refractivity (Wildman–Crippen MR) is 119 cm³/mol. The van der Waals surface area contributed by atoms with E-state index in [2.05, 4.69) is 35.9 Å². The van der Waals surface area contributed by atoms with Gasteiger partial charge in [0.2, 0.25) is 0 Å². The minimum Gasteiger partial charge on any atom is -0.361 e. The second kappa shape index (κ2) is 8.20. The fraction of sp³-hybridized carbons (Fsp3) is 0.565. The van der Waals surface area contributed by atoms with Gasteiger partial charge in [0.05, 0.1) is 17.4 Å². The molecule has 3 aromatic rings. The van der Waals surface area contributed by atoms with E-state index in [1.807, 2.05) is 11.0 Å². The first-order valence-electron chi connectivity index (χ1n) is 11.6. The summed E-state index contributed by atoms with van der Waals surface area (Å²) < 4.78 is 6.85. The van der Waals surface area contributed by atoms with E-state index in [0.29, 0.717) is 36.9 Å². The third kappa shape index (κ3) is 3.54. The zero-order chi connectivity index (χ0) is 22.4. The lowest BCUT2D eigenvalue weighted by molar-refractivity contribution is 0.0722. The maximum Gasteiger partial charge on any atom is 0.276 e. The number of aromatic amines is 1. The van der Waals surface area contributed by atoms with E-state index in [1.54, 1.807) is 6.07 Å². The molecular weight excluding hydrogens is 408 g/mol. The summed E-state index contributed by atoms with van der Waals surface area (Å²) in [6.07, 6.45) is 4.13. The smallest absolute Gasteiger partial charge is 0.276 e. The van der Waals surface area contributed by atoms with E-state index >= 15 is 0 Å². The third-order valence-corrected chi connectivity index (χ3v) is 6.69. The van der Waals surface area contributed by atoms with Crippen LogP contribution < -0.4 is 5.56 Å². The number of likely N-dealkylation sites (tertiary alicyclic amines) is 1. The maximum absolute atomic E-state index is 13.1. The van der Waals surface area contributed by atoms with Crippen LogP contribution in [0.4, 0.5) is 0 Å². The zero-order valence-corrected chi connectivity index (χ0v) is 18.9. The topological polar surface area (TPSA) is 99.7 Å². The number of hydrogen-bond donors (Lipinski definition) is 1. The molecule has 2 aliphatic rings. The molecule has 32 heavy (non-hydrogen) atoms. The molecule has 1 N–H and O–H groups in total. The highest BCUT2D eigenvalue weighted by atomic mass is 16.5. The van der Waals surface area contributed by atoms with Crippen LogP contribution in [0.5, 0.6) is 0 Å². The summed E-state index contributed by atoms with van der Waals surface area (Å²) in [6, 6.07) is 3.93. The van der Waals surface area contributed by atoms with Gasteiger partial charge in [-0.2, -0.15) is 0 Å². The standard InChI is InChI=1S/C23H30N6O3/c1-4-6-15-11-18(26-32-15)23(31)28-9-5-7-20(28)17-12-21-24-19-13-27(14(2)3)10-8-16(19)22(30)29(21)25-17/h11-12,14,20,25H,4-10,13H2,1-3H3/t20-/m0/s1. The number of aryl methyl sites for hydroxylation is 1. The summed E-state index contributed by atoms with van der Waals surface area (Å²) in [4.78, 5) is 35.3. The number of nitrogens with zero attached hydrogens (tertiary/aromatic N) is 5. The molecule has 1 amide bonds. The summed E-state index contributed by atoms with van der Waals surface area (Å²) in [5, 5.41) is 7.23. The fourth-order valence-corrected chi connectivity index (χ4v) is 4.90. The molecule has 9 heteroatoms. The van der Waals surface area contributed by atoms with Crippen LogP contribution in [-0.4, -0.2) is 54.6 Å². The van der Waals surface area contributed by atoms with Crippen LogP contribution in [0.1, 0.15) is 79.3 Å². The molecule has 9 nitrogen and oxygen atoms in total. The van der Waals surface area contributed by atoms with E-state index in [-0.39, 0.29) is 17.5 Å². The molecule has 5 heterocycles. The van der Waals surface area contributed by atoms with Crippen molar-refractivity contribution in [2.24, 2.45) is 0 Å². The van der Waals surface area contributed by atoms with Gasteiger partial charge < -0.3 is 9.42 Å². The highest BCUT2D eigenvalue weighted by Crippen LogP contribution is 2.33. The first-order valence-corrected chi connectivity index (χ1v) is 11.6. The Bertz CT molecular complexity index is 1210. The van der Waals surface area contributed by atoms with Crippen molar-refractivity contribution in [1.29, 1.82) is 0 Å². The number of fused-ring (bicyclic) bond motifs is 2. The van der Waals surface area contributed by atoms with Crippen LogP contribution in [-0.2, 0) is 19.4 Å². The molecule has 0 aliphatic carbocycles. The Morgan fingerprint density at radius 3 is 2.94 bits per heavy atom. The van der Waals surface area contributed by atoms with Crippen LogP contribution in [0.3, 0.4) is 0 Å². The van der Waals surface area contributed by atoms with Gasteiger partial charge in [0.1, 0.15) is 5.76 Å². The first kappa shape index (κ1) is 20.9. The largest absolute Gasteiger partial charge is 0.361 e. The quantitative estimate of drug-likeness (QED) is 0.658. The minimum atomic E-state index is -0.140. The molecule has 0 radical (unpaired) electrons. The minimum absolute atomic E-state index is 0.0313. The number of nitrogens with one attached hydrogen (secondary N) is 1. The van der Waals surface area contributed by atoms with E-state index in [1.165, 1.54) is 4.52 Å². The molecule has 0 bridgehead atoms. The highest BCUT2D eigenvalue weighted by molar-refractivity contribution is 5.92. The van der Waals surface area contributed by atoms with E-state index in [0.717, 1.165) is 54.9 Å². The molecule has 0 aromatic carbocycles. The average Bonchev–Trinajstić information content (AvgIpc) is 3.52.